The molecule has 1 aromatic rings. The number of ether oxygens (including phenoxy) is 2. The van der Waals surface area contributed by atoms with Crippen LogP contribution in [0.2, 0.25) is 0 Å². The first-order valence-electron chi connectivity index (χ1n) is 19.7. The van der Waals surface area contributed by atoms with Gasteiger partial charge in [-0.2, -0.15) is 0 Å². The smallest absolute Gasteiger partial charge is 0.329 e. The second kappa shape index (κ2) is 21.0. The van der Waals surface area contributed by atoms with Gasteiger partial charge in [0.1, 0.15) is 30.0 Å². The fourth-order valence-corrected chi connectivity index (χ4v) is 8.05. The van der Waals surface area contributed by atoms with E-state index >= 15 is 0 Å². The monoisotopic (exact) mass is 787 g/mol. The molecular weight excluding hydrogens is 723 g/mol. The number of nitrogens with zero attached hydrogens (tertiary/aromatic N) is 2. The molecule has 55 heavy (non-hydrogen) atoms. The maximum Gasteiger partial charge on any atom is 0.329 e. The molecule has 14 heteroatoms. The predicted molar refractivity (Wildman–Crippen MR) is 215 cm³/mol. The second-order valence-electron chi connectivity index (χ2n) is 16.8. The third-order valence-corrected chi connectivity index (χ3v) is 11.7. The van der Waals surface area contributed by atoms with Gasteiger partial charge in [-0.25, -0.2) is 4.79 Å². The van der Waals surface area contributed by atoms with Crippen LogP contribution in [-0.2, 0) is 35.1 Å². The molecule has 2 aliphatic rings. The van der Waals surface area contributed by atoms with Crippen LogP contribution in [0.5, 0.6) is 5.75 Å². The van der Waals surface area contributed by atoms with Crippen molar-refractivity contribution in [3.63, 3.8) is 0 Å². The number of amides is 4. The topological polar surface area (TPSA) is 190 Å². The minimum atomic E-state index is -0.922. The molecule has 0 saturated carbocycles. The molecule has 0 bridgehead atoms. The quantitative estimate of drug-likeness (QED) is 0.139. The highest BCUT2D eigenvalue weighted by molar-refractivity contribution is 8.14. The zero-order valence-corrected chi connectivity index (χ0v) is 35.1. The fourth-order valence-electron chi connectivity index (χ4n) is 6.81. The average molecular weight is 788 g/mol. The standard InChI is InChI=1S/C41H65N5O8S/c1-24(2)19-36(49)46-18-10-11-32(46)40(52)54-34(41(6,7)8)21-25(3)20-33(47)26(4)39-44-29(23-55-39)14-17-35(48)45-31(38(51)43-27(5)37(42)50)22-28-12-15-30(53-9)16-13-28/h12-13,15-16,24-27,29,31-34,47H,10-11,14,17-23H2,1-9H3,(H2,42,50)(H,43,51)(H,45,48)/t25-,26?,27-,29?,31-,32-,33?,34?/m0/s1. The Morgan fingerprint density at radius 1 is 1.04 bits per heavy atom. The summed E-state index contributed by atoms with van der Waals surface area (Å²) in [5, 5.41) is 17.5. The van der Waals surface area contributed by atoms with Crippen molar-refractivity contribution >= 4 is 46.4 Å². The number of aliphatic imine (C=N–C) groups is 1. The number of likely N-dealkylation sites (tertiary alicyclic amines) is 1. The summed E-state index contributed by atoms with van der Waals surface area (Å²) >= 11 is 1.58. The van der Waals surface area contributed by atoms with Crippen LogP contribution in [0.3, 0.4) is 0 Å². The molecule has 2 aliphatic heterocycles. The Bertz CT molecular complexity index is 1500. The Morgan fingerprint density at radius 2 is 1.71 bits per heavy atom. The van der Waals surface area contributed by atoms with Crippen molar-refractivity contribution in [3.8, 4) is 5.75 Å². The van der Waals surface area contributed by atoms with E-state index in [0.717, 1.165) is 17.0 Å². The van der Waals surface area contributed by atoms with Crippen molar-refractivity contribution < 1.29 is 38.6 Å². The van der Waals surface area contributed by atoms with Crippen LogP contribution in [0.15, 0.2) is 29.3 Å². The number of rotatable bonds is 20. The van der Waals surface area contributed by atoms with Gasteiger partial charge in [0, 0.05) is 37.5 Å². The van der Waals surface area contributed by atoms with Gasteiger partial charge in [-0.1, -0.05) is 60.6 Å². The number of thioether (sulfide) groups is 1. The molecule has 13 nitrogen and oxygen atoms in total. The summed E-state index contributed by atoms with van der Waals surface area (Å²) in [6, 6.07) is 4.68. The minimum absolute atomic E-state index is 0.00252. The largest absolute Gasteiger partial charge is 0.497 e. The zero-order valence-electron chi connectivity index (χ0n) is 34.3. The number of benzene rings is 1. The molecule has 4 amide bonds. The van der Waals surface area contributed by atoms with E-state index in [2.05, 4.69) is 17.6 Å². The number of nitrogens with one attached hydrogen (secondary N) is 2. The summed E-state index contributed by atoms with van der Waals surface area (Å²) < 4.78 is 11.4. The van der Waals surface area contributed by atoms with Crippen molar-refractivity contribution in [1.82, 2.24) is 15.5 Å². The van der Waals surface area contributed by atoms with Gasteiger partial charge in [0.2, 0.25) is 23.6 Å². The molecule has 5 N–H and O–H groups in total. The lowest BCUT2D eigenvalue weighted by atomic mass is 9.81. The summed E-state index contributed by atoms with van der Waals surface area (Å²) in [5.41, 5.74) is 5.81. The van der Waals surface area contributed by atoms with Gasteiger partial charge in [-0.15, -0.1) is 11.8 Å². The summed E-state index contributed by atoms with van der Waals surface area (Å²) in [7, 11) is 1.56. The third kappa shape index (κ3) is 14.4. The molecular formula is C41H65N5O8S. The molecule has 4 unspecified atom stereocenters. The molecule has 1 fully saturated rings. The van der Waals surface area contributed by atoms with Gasteiger partial charge >= 0.3 is 5.97 Å². The van der Waals surface area contributed by atoms with Crippen molar-refractivity contribution in [3.05, 3.63) is 29.8 Å². The van der Waals surface area contributed by atoms with E-state index in [4.69, 9.17) is 20.2 Å². The number of carbonyl (C=O) groups excluding carboxylic acids is 5. The Labute approximate surface area is 331 Å². The van der Waals surface area contributed by atoms with Crippen LogP contribution in [0.4, 0.5) is 0 Å². The van der Waals surface area contributed by atoms with Crippen LogP contribution >= 0.6 is 11.8 Å². The van der Waals surface area contributed by atoms with Gasteiger partial charge in [0.15, 0.2) is 0 Å². The number of aliphatic hydroxyl groups is 1. The summed E-state index contributed by atoms with van der Waals surface area (Å²) in [6.45, 7) is 16.2. The number of methoxy groups -OCH3 is 1. The Hall–Kier alpha value is -3.65. The molecule has 0 aromatic heterocycles. The average Bonchev–Trinajstić information content (AvgIpc) is 3.80. The molecule has 0 aliphatic carbocycles. The fraction of sp³-hybridized carbons (Fsp3) is 0.707. The van der Waals surface area contributed by atoms with Crippen molar-refractivity contribution in [2.75, 3.05) is 19.4 Å². The SMILES string of the molecule is COc1ccc(C[C@H](NC(=O)CCC2CSC(C(C)C(O)C[C@H](C)CC(OC(=O)[C@@H]3CCCN3C(=O)CC(C)C)C(C)(C)C)=N2)C(=O)N[C@@H](C)C(N)=O)cc1. The van der Waals surface area contributed by atoms with Crippen LogP contribution < -0.4 is 21.1 Å². The van der Waals surface area contributed by atoms with E-state index in [1.165, 1.54) is 6.92 Å². The van der Waals surface area contributed by atoms with E-state index in [0.29, 0.717) is 50.2 Å². The van der Waals surface area contributed by atoms with Gasteiger partial charge < -0.3 is 35.8 Å². The summed E-state index contributed by atoms with van der Waals surface area (Å²) in [4.78, 5) is 70.5. The summed E-state index contributed by atoms with van der Waals surface area (Å²) in [6.07, 6.45) is 2.63. The van der Waals surface area contributed by atoms with Crippen molar-refractivity contribution in [2.45, 2.75) is 143 Å². The van der Waals surface area contributed by atoms with Gasteiger partial charge in [0.25, 0.3) is 0 Å². The van der Waals surface area contributed by atoms with Crippen LogP contribution in [0.25, 0.3) is 0 Å². The van der Waals surface area contributed by atoms with E-state index in [1.807, 2.05) is 53.7 Å². The summed E-state index contributed by atoms with van der Waals surface area (Å²) in [5.74, 6) is -0.468. The Kier molecular flexibility index (Phi) is 17.5. The molecule has 8 atom stereocenters. The molecule has 2 heterocycles. The van der Waals surface area contributed by atoms with Gasteiger partial charge in [-0.3, -0.25) is 24.2 Å². The number of hydrogen-bond donors (Lipinski definition) is 4. The maximum atomic E-state index is 13.4. The lowest BCUT2D eigenvalue weighted by molar-refractivity contribution is -0.164. The number of esters is 1. The van der Waals surface area contributed by atoms with Crippen LogP contribution in [0.1, 0.15) is 106 Å². The lowest BCUT2D eigenvalue weighted by Gasteiger charge is -2.35. The first-order chi connectivity index (χ1) is 25.8. The van der Waals surface area contributed by atoms with Crippen molar-refractivity contribution in [2.24, 2.45) is 33.9 Å². The number of primary amides is 1. The molecule has 308 valence electrons. The van der Waals surface area contributed by atoms with E-state index in [-0.39, 0.29) is 65.9 Å². The van der Waals surface area contributed by atoms with Gasteiger partial charge in [0.05, 0.1) is 24.3 Å². The first kappa shape index (κ1) is 45.7. The second-order valence-corrected chi connectivity index (χ2v) is 17.9. The highest BCUT2D eigenvalue weighted by atomic mass is 32.2. The third-order valence-electron chi connectivity index (χ3n) is 10.4. The molecule has 0 radical (unpaired) electrons. The predicted octanol–water partition coefficient (Wildman–Crippen LogP) is 4.41. The molecule has 0 spiro atoms. The maximum absolute atomic E-state index is 13.4. The molecule has 1 aromatic carbocycles. The van der Waals surface area contributed by atoms with E-state index in [1.54, 1.807) is 35.9 Å². The number of hydrogen-bond acceptors (Lipinski definition) is 10. The number of nitrogens with two attached hydrogens (primary N) is 1. The van der Waals surface area contributed by atoms with Gasteiger partial charge in [-0.05, 0) is 74.0 Å². The van der Waals surface area contributed by atoms with Crippen LogP contribution in [0, 0.1) is 23.2 Å². The highest BCUT2D eigenvalue weighted by Crippen LogP contribution is 2.34. The zero-order chi connectivity index (χ0) is 41.0. The Morgan fingerprint density at radius 3 is 2.31 bits per heavy atom. The van der Waals surface area contributed by atoms with E-state index < -0.39 is 36.0 Å². The van der Waals surface area contributed by atoms with Crippen LogP contribution in [-0.4, -0.2) is 100 Å². The Balaban J connectivity index is 1.54. The normalized spacial score (nSPS) is 20.5. The van der Waals surface area contributed by atoms with E-state index in [9.17, 15) is 29.1 Å². The van der Waals surface area contributed by atoms with Crippen molar-refractivity contribution in [1.29, 1.82) is 0 Å². The number of aliphatic hydroxyl groups excluding tert-OH is 1. The number of carbonyl (C=O) groups is 5. The molecule has 3 rings (SSSR count). The molecule has 1 saturated heterocycles. The highest BCUT2D eigenvalue weighted by Gasteiger charge is 2.39. The lowest BCUT2D eigenvalue weighted by Crippen LogP contribution is -2.52. The first-order valence-corrected chi connectivity index (χ1v) is 20.7. The minimum Gasteiger partial charge on any atom is -0.497 e.